The van der Waals surface area contributed by atoms with Gasteiger partial charge >= 0.3 is 0 Å². The number of halogens is 1. The minimum Gasteiger partial charge on any atom is -0.321 e. The Hall–Kier alpha value is -3.11. The van der Waals surface area contributed by atoms with Crippen LogP contribution in [-0.2, 0) is 0 Å². The van der Waals surface area contributed by atoms with Gasteiger partial charge in [-0.05, 0) is 43.3 Å². The first kappa shape index (κ1) is 17.7. The Labute approximate surface area is 156 Å². The predicted molar refractivity (Wildman–Crippen MR) is 105 cm³/mol. The summed E-state index contributed by atoms with van der Waals surface area (Å²) in [5.74, 6) is -0.624. The van der Waals surface area contributed by atoms with Crippen LogP contribution in [-0.4, -0.2) is 11.8 Å². The number of para-hydroxylation sites is 2. The molecule has 26 heavy (non-hydrogen) atoms. The fourth-order valence-corrected chi connectivity index (χ4v) is 2.62. The van der Waals surface area contributed by atoms with E-state index in [0.717, 1.165) is 5.56 Å². The molecule has 3 aromatic carbocycles. The first-order chi connectivity index (χ1) is 12.5. The number of nitrogens with one attached hydrogen (secondary N) is 2. The number of hydrogen-bond donors (Lipinski definition) is 2. The Bertz CT molecular complexity index is 952. The molecule has 2 N–H and O–H groups in total. The van der Waals surface area contributed by atoms with Crippen LogP contribution < -0.4 is 10.6 Å². The van der Waals surface area contributed by atoms with E-state index < -0.39 is 0 Å². The fourth-order valence-electron chi connectivity index (χ4n) is 2.44. The van der Waals surface area contributed by atoms with E-state index in [0.29, 0.717) is 27.5 Å². The maximum absolute atomic E-state index is 12.6. The highest BCUT2D eigenvalue weighted by atomic mass is 35.5. The second-order valence-electron chi connectivity index (χ2n) is 5.80. The molecule has 2 amide bonds. The molecule has 0 aliphatic rings. The SMILES string of the molecule is Cc1ccc(C(=O)Nc2ccccc2C(=O)Nc2ccccc2Cl)cc1. The fraction of sp³-hybridized carbons (Fsp3) is 0.0476. The van der Waals surface area contributed by atoms with Crippen molar-refractivity contribution < 1.29 is 9.59 Å². The van der Waals surface area contributed by atoms with Gasteiger partial charge in [-0.3, -0.25) is 9.59 Å². The van der Waals surface area contributed by atoms with E-state index >= 15 is 0 Å². The molecule has 3 rings (SSSR count). The first-order valence-electron chi connectivity index (χ1n) is 8.07. The summed E-state index contributed by atoms with van der Waals surface area (Å²) in [6.07, 6.45) is 0. The van der Waals surface area contributed by atoms with Crippen LogP contribution in [0.5, 0.6) is 0 Å². The molecule has 0 radical (unpaired) electrons. The molecule has 0 saturated heterocycles. The van der Waals surface area contributed by atoms with Gasteiger partial charge in [0.25, 0.3) is 11.8 Å². The standard InChI is InChI=1S/C21H17ClN2O2/c1-14-10-12-15(13-11-14)20(25)23-18-8-4-2-6-16(18)21(26)24-19-9-5-3-7-17(19)22/h2-13H,1H3,(H,23,25)(H,24,26). The maximum atomic E-state index is 12.6. The van der Waals surface area contributed by atoms with Crippen LogP contribution in [0.25, 0.3) is 0 Å². The summed E-state index contributed by atoms with van der Waals surface area (Å²) in [4.78, 5) is 25.1. The van der Waals surface area contributed by atoms with Gasteiger partial charge in [0.15, 0.2) is 0 Å². The average Bonchev–Trinajstić information content (AvgIpc) is 2.64. The lowest BCUT2D eigenvalue weighted by atomic mass is 10.1. The minimum absolute atomic E-state index is 0.275. The Morgan fingerprint density at radius 1 is 0.731 bits per heavy atom. The average molecular weight is 365 g/mol. The number of anilines is 2. The second kappa shape index (κ2) is 7.85. The van der Waals surface area contributed by atoms with Gasteiger partial charge in [0, 0.05) is 5.56 Å². The minimum atomic E-state index is -0.349. The summed E-state index contributed by atoms with van der Waals surface area (Å²) in [5, 5.41) is 6.01. The largest absolute Gasteiger partial charge is 0.321 e. The smallest absolute Gasteiger partial charge is 0.257 e. The van der Waals surface area contributed by atoms with Crippen molar-refractivity contribution in [1.82, 2.24) is 0 Å². The monoisotopic (exact) mass is 364 g/mol. The van der Waals surface area contributed by atoms with Crippen LogP contribution in [0.2, 0.25) is 5.02 Å². The van der Waals surface area contributed by atoms with E-state index in [2.05, 4.69) is 10.6 Å². The number of aryl methyl sites for hydroxylation is 1. The molecular formula is C21H17ClN2O2. The number of hydrogen-bond acceptors (Lipinski definition) is 2. The molecule has 0 unspecified atom stereocenters. The van der Waals surface area contributed by atoms with Crippen molar-refractivity contribution in [3.8, 4) is 0 Å². The molecule has 0 aliphatic carbocycles. The molecule has 0 atom stereocenters. The molecule has 130 valence electrons. The summed E-state index contributed by atoms with van der Waals surface area (Å²) >= 11 is 6.09. The van der Waals surface area contributed by atoms with Gasteiger partial charge in [0.1, 0.15) is 0 Å². The highest BCUT2D eigenvalue weighted by molar-refractivity contribution is 6.34. The molecule has 0 saturated carbocycles. The second-order valence-corrected chi connectivity index (χ2v) is 6.21. The van der Waals surface area contributed by atoms with Gasteiger partial charge in [0.05, 0.1) is 22.0 Å². The molecular weight excluding hydrogens is 348 g/mol. The summed E-state index contributed by atoms with van der Waals surface area (Å²) in [5.41, 5.74) is 2.90. The van der Waals surface area contributed by atoms with Crippen LogP contribution in [0.1, 0.15) is 26.3 Å². The number of carbonyl (C=O) groups is 2. The summed E-state index contributed by atoms with van der Waals surface area (Å²) in [6, 6.07) is 21.0. The van der Waals surface area contributed by atoms with Crippen molar-refractivity contribution in [2.24, 2.45) is 0 Å². The highest BCUT2D eigenvalue weighted by Gasteiger charge is 2.15. The van der Waals surface area contributed by atoms with Gasteiger partial charge < -0.3 is 10.6 Å². The molecule has 4 nitrogen and oxygen atoms in total. The molecule has 0 spiro atoms. The third kappa shape index (κ3) is 4.10. The maximum Gasteiger partial charge on any atom is 0.257 e. The molecule has 0 fully saturated rings. The van der Waals surface area contributed by atoms with Crippen LogP contribution in [0.15, 0.2) is 72.8 Å². The Kier molecular flexibility index (Phi) is 5.34. The van der Waals surface area contributed by atoms with E-state index in [1.807, 2.05) is 19.1 Å². The highest BCUT2D eigenvalue weighted by Crippen LogP contribution is 2.23. The lowest BCUT2D eigenvalue weighted by Crippen LogP contribution is -2.18. The van der Waals surface area contributed by atoms with Crippen molar-refractivity contribution in [2.45, 2.75) is 6.92 Å². The van der Waals surface area contributed by atoms with Crippen molar-refractivity contribution in [1.29, 1.82) is 0 Å². The lowest BCUT2D eigenvalue weighted by molar-refractivity contribution is 0.102. The van der Waals surface area contributed by atoms with Crippen molar-refractivity contribution in [3.05, 3.63) is 94.5 Å². The van der Waals surface area contributed by atoms with E-state index in [4.69, 9.17) is 11.6 Å². The molecule has 0 aromatic heterocycles. The predicted octanol–water partition coefficient (Wildman–Crippen LogP) is 5.15. The van der Waals surface area contributed by atoms with Gasteiger partial charge in [-0.25, -0.2) is 0 Å². The van der Waals surface area contributed by atoms with Crippen LogP contribution >= 0.6 is 11.6 Å². The van der Waals surface area contributed by atoms with Crippen molar-refractivity contribution in [2.75, 3.05) is 10.6 Å². The van der Waals surface area contributed by atoms with Crippen LogP contribution in [0.4, 0.5) is 11.4 Å². The van der Waals surface area contributed by atoms with E-state index in [-0.39, 0.29) is 11.8 Å². The molecule has 0 bridgehead atoms. The van der Waals surface area contributed by atoms with Gasteiger partial charge in [-0.2, -0.15) is 0 Å². The topological polar surface area (TPSA) is 58.2 Å². The van der Waals surface area contributed by atoms with E-state index in [9.17, 15) is 9.59 Å². The van der Waals surface area contributed by atoms with Crippen molar-refractivity contribution in [3.63, 3.8) is 0 Å². The van der Waals surface area contributed by atoms with Crippen LogP contribution in [0, 0.1) is 6.92 Å². The summed E-state index contributed by atoms with van der Waals surface area (Å²) in [6.45, 7) is 1.95. The third-order valence-electron chi connectivity index (χ3n) is 3.86. The molecule has 3 aromatic rings. The zero-order valence-electron chi connectivity index (χ0n) is 14.1. The number of rotatable bonds is 4. The summed E-state index contributed by atoms with van der Waals surface area (Å²) < 4.78 is 0. The van der Waals surface area contributed by atoms with Crippen molar-refractivity contribution >= 4 is 34.8 Å². The summed E-state index contributed by atoms with van der Waals surface area (Å²) in [7, 11) is 0. The normalized spacial score (nSPS) is 10.2. The molecule has 0 aliphatic heterocycles. The number of benzene rings is 3. The lowest BCUT2D eigenvalue weighted by Gasteiger charge is -2.12. The number of amides is 2. The first-order valence-corrected chi connectivity index (χ1v) is 8.45. The van der Waals surface area contributed by atoms with Gasteiger partial charge in [-0.15, -0.1) is 0 Å². The molecule has 5 heteroatoms. The zero-order chi connectivity index (χ0) is 18.5. The Morgan fingerprint density at radius 3 is 2.00 bits per heavy atom. The Morgan fingerprint density at radius 2 is 1.31 bits per heavy atom. The zero-order valence-corrected chi connectivity index (χ0v) is 14.9. The molecule has 0 heterocycles. The van der Waals surface area contributed by atoms with E-state index in [1.54, 1.807) is 60.7 Å². The quantitative estimate of drug-likeness (QED) is 0.672. The number of carbonyl (C=O) groups excluding carboxylic acids is 2. The van der Waals surface area contributed by atoms with E-state index in [1.165, 1.54) is 0 Å². The van der Waals surface area contributed by atoms with Crippen LogP contribution in [0.3, 0.4) is 0 Å². The Balaban J connectivity index is 1.81. The third-order valence-corrected chi connectivity index (χ3v) is 4.19. The van der Waals surface area contributed by atoms with Gasteiger partial charge in [-0.1, -0.05) is 53.6 Å². The van der Waals surface area contributed by atoms with Gasteiger partial charge in [0.2, 0.25) is 0 Å².